The van der Waals surface area contributed by atoms with E-state index in [4.69, 9.17) is 9.47 Å². The number of benzene rings is 2. The Morgan fingerprint density at radius 3 is 2.75 bits per heavy atom. The number of hydrogen-bond acceptors (Lipinski definition) is 3. The fourth-order valence-corrected chi connectivity index (χ4v) is 2.36. The van der Waals surface area contributed by atoms with Gasteiger partial charge in [0.15, 0.2) is 0 Å². The number of rotatable bonds is 8. The highest BCUT2D eigenvalue weighted by Crippen LogP contribution is 2.17. The molecule has 4 nitrogen and oxygen atoms in total. The third-order valence-electron chi connectivity index (χ3n) is 3.81. The number of nitrogens with one attached hydrogen (secondary N) is 1. The molecular formula is C20H25NO3. The first-order valence-corrected chi connectivity index (χ1v) is 8.16. The van der Waals surface area contributed by atoms with Crippen molar-refractivity contribution in [3.63, 3.8) is 0 Å². The predicted molar refractivity (Wildman–Crippen MR) is 95.5 cm³/mol. The third-order valence-corrected chi connectivity index (χ3v) is 3.81. The van der Waals surface area contributed by atoms with Crippen molar-refractivity contribution in [2.24, 2.45) is 0 Å². The molecule has 128 valence electrons. The first-order chi connectivity index (χ1) is 11.6. The first-order valence-electron chi connectivity index (χ1n) is 8.16. The second kappa shape index (κ2) is 9.08. The molecule has 1 amide bonds. The quantitative estimate of drug-likeness (QED) is 0.753. The van der Waals surface area contributed by atoms with E-state index in [1.807, 2.05) is 12.1 Å². The number of methoxy groups -OCH3 is 1. The normalized spacial score (nSPS) is 10.5. The van der Waals surface area contributed by atoms with Crippen molar-refractivity contribution < 1.29 is 14.3 Å². The average molecular weight is 327 g/mol. The molecule has 0 aliphatic carbocycles. The highest BCUT2D eigenvalue weighted by Gasteiger charge is 2.07. The number of carbonyl (C=O) groups is 1. The Balaban J connectivity index is 1.94. The summed E-state index contributed by atoms with van der Waals surface area (Å²) in [4.78, 5) is 12.1. The molecule has 2 aromatic carbocycles. The molecule has 0 saturated heterocycles. The summed E-state index contributed by atoms with van der Waals surface area (Å²) in [5.41, 5.74) is 4.17. The van der Waals surface area contributed by atoms with Gasteiger partial charge in [-0.05, 0) is 49.6 Å². The van der Waals surface area contributed by atoms with Crippen LogP contribution in [-0.4, -0.2) is 26.2 Å². The largest absolute Gasteiger partial charge is 0.489 e. The van der Waals surface area contributed by atoms with Gasteiger partial charge in [0.05, 0.1) is 0 Å². The van der Waals surface area contributed by atoms with Crippen LogP contribution in [0.5, 0.6) is 5.75 Å². The molecule has 0 atom stereocenters. The minimum atomic E-state index is -0.0942. The highest BCUT2D eigenvalue weighted by molar-refractivity contribution is 5.94. The van der Waals surface area contributed by atoms with Crippen LogP contribution in [0.1, 0.15) is 33.5 Å². The zero-order valence-corrected chi connectivity index (χ0v) is 14.6. The molecule has 0 aliphatic heterocycles. The Labute approximate surface area is 143 Å². The van der Waals surface area contributed by atoms with Crippen molar-refractivity contribution in [1.29, 1.82) is 0 Å². The highest BCUT2D eigenvalue weighted by atomic mass is 16.5. The minimum absolute atomic E-state index is 0.0942. The summed E-state index contributed by atoms with van der Waals surface area (Å²) in [5, 5.41) is 2.88. The maximum absolute atomic E-state index is 12.1. The van der Waals surface area contributed by atoms with E-state index >= 15 is 0 Å². The fraction of sp³-hybridized carbons (Fsp3) is 0.350. The lowest BCUT2D eigenvalue weighted by Crippen LogP contribution is -2.25. The first kappa shape index (κ1) is 18.0. The lowest BCUT2D eigenvalue weighted by atomic mass is 10.1. The number of carbonyl (C=O) groups excluding carboxylic acids is 1. The number of amides is 1. The zero-order valence-electron chi connectivity index (χ0n) is 14.6. The lowest BCUT2D eigenvalue weighted by Gasteiger charge is -2.11. The SMILES string of the molecule is COCCCNC(=O)c1cccc(OCc2cc(C)ccc2C)c1. The Morgan fingerprint density at radius 1 is 1.12 bits per heavy atom. The maximum atomic E-state index is 12.1. The van der Waals surface area contributed by atoms with Crippen LogP contribution in [0.25, 0.3) is 0 Å². The molecule has 2 aromatic rings. The van der Waals surface area contributed by atoms with Gasteiger partial charge in [0, 0.05) is 25.8 Å². The average Bonchev–Trinajstić information content (AvgIpc) is 2.59. The van der Waals surface area contributed by atoms with Crippen molar-refractivity contribution in [3.8, 4) is 5.75 Å². The topological polar surface area (TPSA) is 47.6 Å². The molecular weight excluding hydrogens is 302 g/mol. The maximum Gasteiger partial charge on any atom is 0.251 e. The van der Waals surface area contributed by atoms with Crippen LogP contribution >= 0.6 is 0 Å². The Kier molecular flexibility index (Phi) is 6.82. The van der Waals surface area contributed by atoms with Gasteiger partial charge in [-0.1, -0.05) is 29.8 Å². The van der Waals surface area contributed by atoms with Crippen LogP contribution in [0, 0.1) is 13.8 Å². The van der Waals surface area contributed by atoms with Crippen LogP contribution in [0.3, 0.4) is 0 Å². The van der Waals surface area contributed by atoms with Crippen molar-refractivity contribution in [3.05, 3.63) is 64.7 Å². The number of aryl methyl sites for hydroxylation is 2. The summed E-state index contributed by atoms with van der Waals surface area (Å²) >= 11 is 0. The molecule has 0 aliphatic rings. The molecule has 0 aromatic heterocycles. The van der Waals surface area contributed by atoms with Gasteiger partial charge in [-0.25, -0.2) is 0 Å². The van der Waals surface area contributed by atoms with Crippen molar-refractivity contribution in [2.45, 2.75) is 26.9 Å². The Hall–Kier alpha value is -2.33. The monoisotopic (exact) mass is 327 g/mol. The molecule has 0 bridgehead atoms. The summed E-state index contributed by atoms with van der Waals surface area (Å²) in [6, 6.07) is 13.6. The zero-order chi connectivity index (χ0) is 17.4. The van der Waals surface area contributed by atoms with E-state index in [2.05, 4.69) is 37.4 Å². The molecule has 0 fully saturated rings. The van der Waals surface area contributed by atoms with Gasteiger partial charge < -0.3 is 14.8 Å². The molecule has 0 heterocycles. The van der Waals surface area contributed by atoms with Gasteiger partial charge >= 0.3 is 0 Å². The van der Waals surface area contributed by atoms with E-state index < -0.39 is 0 Å². The fourth-order valence-electron chi connectivity index (χ4n) is 2.36. The summed E-state index contributed by atoms with van der Waals surface area (Å²) < 4.78 is 10.8. The molecule has 2 rings (SSSR count). The van der Waals surface area contributed by atoms with Gasteiger partial charge in [0.25, 0.3) is 5.91 Å². The van der Waals surface area contributed by atoms with Gasteiger partial charge in [-0.15, -0.1) is 0 Å². The van der Waals surface area contributed by atoms with E-state index in [0.29, 0.717) is 31.1 Å². The van der Waals surface area contributed by atoms with Crippen LogP contribution in [0.2, 0.25) is 0 Å². The van der Waals surface area contributed by atoms with Crippen molar-refractivity contribution in [2.75, 3.05) is 20.3 Å². The van der Waals surface area contributed by atoms with E-state index in [9.17, 15) is 4.79 Å². The second-order valence-electron chi connectivity index (χ2n) is 5.85. The molecule has 1 N–H and O–H groups in total. The van der Waals surface area contributed by atoms with E-state index in [0.717, 1.165) is 12.0 Å². The second-order valence-corrected chi connectivity index (χ2v) is 5.85. The van der Waals surface area contributed by atoms with Crippen molar-refractivity contribution >= 4 is 5.91 Å². The predicted octanol–water partition coefficient (Wildman–Crippen LogP) is 3.65. The number of hydrogen-bond donors (Lipinski definition) is 1. The molecule has 4 heteroatoms. The third kappa shape index (κ3) is 5.39. The van der Waals surface area contributed by atoms with Gasteiger partial charge in [-0.2, -0.15) is 0 Å². The van der Waals surface area contributed by atoms with E-state index in [-0.39, 0.29) is 5.91 Å². The van der Waals surface area contributed by atoms with E-state index in [1.54, 1.807) is 19.2 Å². The summed E-state index contributed by atoms with van der Waals surface area (Å²) in [7, 11) is 1.65. The summed E-state index contributed by atoms with van der Waals surface area (Å²) in [5.74, 6) is 0.601. The van der Waals surface area contributed by atoms with Crippen LogP contribution in [-0.2, 0) is 11.3 Å². The lowest BCUT2D eigenvalue weighted by molar-refractivity contribution is 0.0948. The molecule has 24 heavy (non-hydrogen) atoms. The Bertz CT molecular complexity index is 682. The van der Waals surface area contributed by atoms with Crippen LogP contribution in [0.4, 0.5) is 0 Å². The summed E-state index contributed by atoms with van der Waals surface area (Å²) in [6.07, 6.45) is 0.797. The molecule has 0 unspecified atom stereocenters. The standard InChI is InChI=1S/C20H25NO3/c1-15-8-9-16(2)18(12-15)14-24-19-7-4-6-17(13-19)20(22)21-10-5-11-23-3/h4,6-9,12-13H,5,10-11,14H2,1-3H3,(H,21,22). The Morgan fingerprint density at radius 2 is 1.96 bits per heavy atom. The van der Waals surface area contributed by atoms with Gasteiger partial charge in [0.1, 0.15) is 12.4 Å². The summed E-state index contributed by atoms with van der Waals surface area (Å²) in [6.45, 7) is 5.87. The molecule has 0 spiro atoms. The number of ether oxygens (including phenoxy) is 2. The minimum Gasteiger partial charge on any atom is -0.489 e. The smallest absolute Gasteiger partial charge is 0.251 e. The van der Waals surface area contributed by atoms with Gasteiger partial charge in [0.2, 0.25) is 0 Å². The van der Waals surface area contributed by atoms with Gasteiger partial charge in [-0.3, -0.25) is 4.79 Å². The van der Waals surface area contributed by atoms with Crippen LogP contribution in [0.15, 0.2) is 42.5 Å². The van der Waals surface area contributed by atoms with Crippen molar-refractivity contribution in [1.82, 2.24) is 5.32 Å². The van der Waals surface area contributed by atoms with Crippen LogP contribution < -0.4 is 10.1 Å². The molecule has 0 saturated carbocycles. The van der Waals surface area contributed by atoms with E-state index in [1.165, 1.54) is 11.1 Å². The molecule has 0 radical (unpaired) electrons.